The van der Waals surface area contributed by atoms with Gasteiger partial charge in [-0.2, -0.15) is 8.78 Å². The molecule has 3 rings (SSSR count). The fraction of sp³-hybridized carbons (Fsp3) is 0.567. The van der Waals surface area contributed by atoms with Crippen LogP contribution >= 0.6 is 0 Å². The SMILES string of the molecule is CCCCCCCCCC[C@H]1CC[C@H](C(=O)Oc2ccc(-c3ccc(OC(F)F)cc3)cc2)CC1. The van der Waals surface area contributed by atoms with Gasteiger partial charge < -0.3 is 9.47 Å². The van der Waals surface area contributed by atoms with Crippen molar-refractivity contribution in [3.63, 3.8) is 0 Å². The summed E-state index contributed by atoms with van der Waals surface area (Å²) >= 11 is 0. The highest BCUT2D eigenvalue weighted by molar-refractivity contribution is 5.75. The van der Waals surface area contributed by atoms with Crippen LogP contribution in [0.5, 0.6) is 11.5 Å². The van der Waals surface area contributed by atoms with Gasteiger partial charge in [0.2, 0.25) is 0 Å². The number of ether oxygens (including phenoxy) is 2. The van der Waals surface area contributed by atoms with Crippen LogP contribution in [0.4, 0.5) is 8.78 Å². The van der Waals surface area contributed by atoms with E-state index >= 15 is 0 Å². The Labute approximate surface area is 209 Å². The van der Waals surface area contributed by atoms with E-state index in [2.05, 4.69) is 11.7 Å². The Morgan fingerprint density at radius 1 is 0.771 bits per heavy atom. The second-order valence-corrected chi connectivity index (χ2v) is 9.83. The Hall–Kier alpha value is -2.43. The molecular weight excluding hydrogens is 446 g/mol. The summed E-state index contributed by atoms with van der Waals surface area (Å²) in [5.41, 5.74) is 1.79. The van der Waals surface area contributed by atoms with Gasteiger partial charge in [-0.05, 0) is 67.0 Å². The second-order valence-electron chi connectivity index (χ2n) is 9.83. The van der Waals surface area contributed by atoms with Crippen molar-refractivity contribution in [2.24, 2.45) is 11.8 Å². The summed E-state index contributed by atoms with van der Waals surface area (Å²) in [5.74, 6) is 1.29. The molecular formula is C30H40F2O3. The second kappa shape index (κ2) is 14.9. The minimum absolute atomic E-state index is 0.00753. The number of carbonyl (C=O) groups is 1. The summed E-state index contributed by atoms with van der Waals surface area (Å²) in [6.45, 7) is -0.575. The van der Waals surface area contributed by atoms with Gasteiger partial charge in [-0.15, -0.1) is 0 Å². The molecule has 0 bridgehead atoms. The number of hydrogen-bond donors (Lipinski definition) is 0. The van der Waals surface area contributed by atoms with Gasteiger partial charge in [0, 0.05) is 0 Å². The van der Waals surface area contributed by atoms with Crippen molar-refractivity contribution in [3.8, 4) is 22.6 Å². The van der Waals surface area contributed by atoms with E-state index < -0.39 is 6.61 Å². The Morgan fingerprint density at radius 2 is 1.29 bits per heavy atom. The van der Waals surface area contributed by atoms with E-state index in [4.69, 9.17) is 4.74 Å². The van der Waals surface area contributed by atoms with Gasteiger partial charge in [-0.1, -0.05) is 89.0 Å². The van der Waals surface area contributed by atoms with Crippen LogP contribution in [0, 0.1) is 11.8 Å². The minimum Gasteiger partial charge on any atom is -0.435 e. The van der Waals surface area contributed by atoms with Gasteiger partial charge in [0.05, 0.1) is 5.92 Å². The third-order valence-corrected chi connectivity index (χ3v) is 7.13. The van der Waals surface area contributed by atoms with Crippen LogP contribution in [0.2, 0.25) is 0 Å². The average molecular weight is 487 g/mol. The maximum Gasteiger partial charge on any atom is 0.387 e. The summed E-state index contributed by atoms with van der Waals surface area (Å²) in [6.07, 6.45) is 16.2. The van der Waals surface area contributed by atoms with E-state index in [0.29, 0.717) is 5.75 Å². The molecule has 0 heterocycles. The summed E-state index contributed by atoms with van der Waals surface area (Å²) in [7, 11) is 0. The third-order valence-electron chi connectivity index (χ3n) is 7.13. The highest BCUT2D eigenvalue weighted by atomic mass is 19.3. The zero-order chi connectivity index (χ0) is 24.9. The van der Waals surface area contributed by atoms with Crippen LogP contribution in [0.15, 0.2) is 48.5 Å². The Morgan fingerprint density at radius 3 is 1.83 bits per heavy atom. The lowest BCUT2D eigenvalue weighted by Gasteiger charge is -2.27. The van der Waals surface area contributed by atoms with E-state index in [0.717, 1.165) is 42.7 Å². The molecule has 0 amide bonds. The average Bonchev–Trinajstić information content (AvgIpc) is 2.86. The molecule has 0 N–H and O–H groups in total. The molecule has 0 aromatic heterocycles. The molecule has 1 aliphatic rings. The lowest BCUT2D eigenvalue weighted by molar-refractivity contribution is -0.140. The van der Waals surface area contributed by atoms with Crippen LogP contribution in [-0.2, 0) is 4.79 Å². The monoisotopic (exact) mass is 486 g/mol. The molecule has 0 atom stereocenters. The number of esters is 1. The van der Waals surface area contributed by atoms with Crippen LogP contribution < -0.4 is 9.47 Å². The summed E-state index contributed by atoms with van der Waals surface area (Å²) < 4.78 is 34.6. The zero-order valence-corrected chi connectivity index (χ0v) is 21.0. The molecule has 0 unspecified atom stereocenters. The molecule has 2 aromatic rings. The normalized spacial score (nSPS) is 17.9. The first-order valence-corrected chi connectivity index (χ1v) is 13.4. The molecule has 192 valence electrons. The fourth-order valence-electron chi connectivity index (χ4n) is 5.00. The number of hydrogen-bond acceptors (Lipinski definition) is 3. The van der Waals surface area contributed by atoms with E-state index in [1.165, 1.54) is 69.9 Å². The van der Waals surface area contributed by atoms with Crippen molar-refractivity contribution in [1.82, 2.24) is 0 Å². The predicted molar refractivity (Wildman–Crippen MR) is 137 cm³/mol. The Balaban J connectivity index is 1.34. The van der Waals surface area contributed by atoms with Gasteiger partial charge in [0.15, 0.2) is 0 Å². The molecule has 1 aliphatic carbocycles. The first kappa shape index (κ1) is 27.2. The smallest absolute Gasteiger partial charge is 0.387 e. The van der Waals surface area contributed by atoms with Crippen LogP contribution in [-0.4, -0.2) is 12.6 Å². The molecule has 5 heteroatoms. The third kappa shape index (κ3) is 9.62. The van der Waals surface area contributed by atoms with E-state index in [1.807, 2.05) is 12.1 Å². The first-order valence-electron chi connectivity index (χ1n) is 13.4. The van der Waals surface area contributed by atoms with Crippen molar-refractivity contribution < 1.29 is 23.0 Å². The summed E-state index contributed by atoms with van der Waals surface area (Å²) in [6, 6.07) is 13.8. The number of halogens is 2. The van der Waals surface area contributed by atoms with Gasteiger partial charge in [-0.3, -0.25) is 4.79 Å². The standard InChI is InChI=1S/C30H40F2O3/c1-2-3-4-5-6-7-8-9-10-23-11-13-26(14-12-23)29(33)34-27-19-15-24(16-20-27)25-17-21-28(22-18-25)35-30(31)32/h15-23,26,30H,2-14H2,1H3/t23-,26-. The molecule has 3 nitrogen and oxygen atoms in total. The van der Waals surface area contributed by atoms with E-state index in [-0.39, 0.29) is 17.6 Å². The van der Waals surface area contributed by atoms with E-state index in [1.54, 1.807) is 24.3 Å². The number of alkyl halides is 2. The topological polar surface area (TPSA) is 35.5 Å². The van der Waals surface area contributed by atoms with Crippen molar-refractivity contribution >= 4 is 5.97 Å². The molecule has 2 aromatic carbocycles. The van der Waals surface area contributed by atoms with Crippen molar-refractivity contribution in [1.29, 1.82) is 0 Å². The number of carbonyl (C=O) groups excluding carboxylic acids is 1. The largest absolute Gasteiger partial charge is 0.435 e. The van der Waals surface area contributed by atoms with Crippen molar-refractivity contribution in [3.05, 3.63) is 48.5 Å². The van der Waals surface area contributed by atoms with Gasteiger partial charge in [0.25, 0.3) is 0 Å². The molecule has 35 heavy (non-hydrogen) atoms. The lowest BCUT2D eigenvalue weighted by atomic mass is 9.79. The summed E-state index contributed by atoms with van der Waals surface area (Å²) in [5, 5.41) is 0. The first-order chi connectivity index (χ1) is 17.0. The highest BCUT2D eigenvalue weighted by Gasteiger charge is 2.27. The predicted octanol–water partition coefficient (Wildman–Crippen LogP) is 9.20. The molecule has 1 fully saturated rings. The Bertz CT molecular complexity index is 856. The van der Waals surface area contributed by atoms with Crippen molar-refractivity contribution in [2.45, 2.75) is 97.0 Å². The quantitative estimate of drug-likeness (QED) is 0.152. The molecule has 0 radical (unpaired) electrons. The highest BCUT2D eigenvalue weighted by Crippen LogP contribution is 2.33. The lowest BCUT2D eigenvalue weighted by Crippen LogP contribution is -2.25. The molecule has 1 saturated carbocycles. The number of benzene rings is 2. The van der Waals surface area contributed by atoms with Gasteiger partial charge >= 0.3 is 12.6 Å². The maximum absolute atomic E-state index is 12.7. The maximum atomic E-state index is 12.7. The molecule has 0 spiro atoms. The van der Waals surface area contributed by atoms with Gasteiger partial charge in [0.1, 0.15) is 11.5 Å². The molecule has 0 aliphatic heterocycles. The number of unbranched alkanes of at least 4 members (excludes halogenated alkanes) is 7. The summed E-state index contributed by atoms with van der Waals surface area (Å²) in [4.78, 5) is 12.7. The van der Waals surface area contributed by atoms with Crippen LogP contribution in [0.3, 0.4) is 0 Å². The zero-order valence-electron chi connectivity index (χ0n) is 21.0. The number of rotatable bonds is 14. The fourth-order valence-corrected chi connectivity index (χ4v) is 5.00. The minimum atomic E-state index is -2.83. The van der Waals surface area contributed by atoms with E-state index in [9.17, 15) is 13.6 Å². The Kier molecular flexibility index (Phi) is 11.5. The molecule has 0 saturated heterocycles. The van der Waals surface area contributed by atoms with Crippen LogP contribution in [0.25, 0.3) is 11.1 Å². The van der Waals surface area contributed by atoms with Gasteiger partial charge in [-0.25, -0.2) is 0 Å². The van der Waals surface area contributed by atoms with Crippen molar-refractivity contribution in [2.75, 3.05) is 0 Å². The van der Waals surface area contributed by atoms with Crippen LogP contribution in [0.1, 0.15) is 90.4 Å².